The SMILES string of the molecule is O=C1Nc2nc3ccccc3n2CC1CCO. The second kappa shape index (κ2) is 3.85. The van der Waals surface area contributed by atoms with Gasteiger partial charge in [-0.3, -0.25) is 10.1 Å². The van der Waals surface area contributed by atoms with Crippen molar-refractivity contribution in [3.63, 3.8) is 0 Å². The number of rotatable bonds is 2. The topological polar surface area (TPSA) is 67.2 Å². The van der Waals surface area contributed by atoms with Crippen LogP contribution in [0.25, 0.3) is 11.0 Å². The van der Waals surface area contributed by atoms with Gasteiger partial charge in [-0.05, 0) is 18.6 Å². The Bertz CT molecular complexity index is 576. The van der Waals surface area contributed by atoms with E-state index in [0.717, 1.165) is 11.0 Å². The zero-order chi connectivity index (χ0) is 11.8. The van der Waals surface area contributed by atoms with E-state index in [-0.39, 0.29) is 18.4 Å². The van der Waals surface area contributed by atoms with Crippen molar-refractivity contribution in [1.29, 1.82) is 0 Å². The van der Waals surface area contributed by atoms with Gasteiger partial charge in [0.05, 0.1) is 17.0 Å². The average molecular weight is 231 g/mol. The van der Waals surface area contributed by atoms with Gasteiger partial charge in [0.25, 0.3) is 0 Å². The maximum atomic E-state index is 11.7. The van der Waals surface area contributed by atoms with Crippen molar-refractivity contribution in [2.75, 3.05) is 11.9 Å². The fourth-order valence-corrected chi connectivity index (χ4v) is 2.25. The van der Waals surface area contributed by atoms with Crippen molar-refractivity contribution in [1.82, 2.24) is 9.55 Å². The van der Waals surface area contributed by atoms with Crippen LogP contribution in [0.4, 0.5) is 5.95 Å². The van der Waals surface area contributed by atoms with Crippen LogP contribution in [0.2, 0.25) is 0 Å². The summed E-state index contributed by atoms with van der Waals surface area (Å²) >= 11 is 0. The third kappa shape index (κ3) is 1.59. The highest BCUT2D eigenvalue weighted by Gasteiger charge is 2.27. The minimum atomic E-state index is -0.176. The molecule has 2 aromatic rings. The van der Waals surface area contributed by atoms with Crippen LogP contribution in [-0.4, -0.2) is 27.2 Å². The van der Waals surface area contributed by atoms with E-state index in [9.17, 15) is 4.79 Å². The summed E-state index contributed by atoms with van der Waals surface area (Å²) in [5.74, 6) is 0.373. The number of carbonyl (C=O) groups excluding carboxylic acids is 1. The number of amides is 1. The van der Waals surface area contributed by atoms with E-state index in [0.29, 0.717) is 18.9 Å². The molecule has 0 radical (unpaired) electrons. The highest BCUT2D eigenvalue weighted by Crippen LogP contribution is 2.26. The third-order valence-electron chi connectivity index (χ3n) is 3.14. The summed E-state index contributed by atoms with van der Waals surface area (Å²) in [6.07, 6.45) is 0.484. The second-order valence-electron chi connectivity index (χ2n) is 4.23. The van der Waals surface area contributed by atoms with Crippen LogP contribution < -0.4 is 5.32 Å². The van der Waals surface area contributed by atoms with Crippen molar-refractivity contribution in [2.45, 2.75) is 13.0 Å². The normalized spacial score (nSPS) is 19.1. The Morgan fingerprint density at radius 2 is 2.29 bits per heavy atom. The van der Waals surface area contributed by atoms with Gasteiger partial charge >= 0.3 is 0 Å². The Balaban J connectivity index is 2.07. The number of nitrogens with zero attached hydrogens (tertiary/aromatic N) is 2. The van der Waals surface area contributed by atoms with E-state index in [4.69, 9.17) is 5.11 Å². The zero-order valence-corrected chi connectivity index (χ0v) is 9.26. The van der Waals surface area contributed by atoms with E-state index in [2.05, 4.69) is 10.3 Å². The number of nitrogens with one attached hydrogen (secondary N) is 1. The number of aliphatic hydroxyl groups is 1. The lowest BCUT2D eigenvalue weighted by Crippen LogP contribution is -2.33. The first kappa shape index (κ1) is 10.3. The molecule has 88 valence electrons. The molecule has 0 bridgehead atoms. The van der Waals surface area contributed by atoms with Gasteiger partial charge in [-0.15, -0.1) is 0 Å². The van der Waals surface area contributed by atoms with Crippen molar-refractivity contribution in [3.05, 3.63) is 24.3 Å². The minimum absolute atomic E-state index is 0.0278. The van der Waals surface area contributed by atoms with Crippen LogP contribution in [0.3, 0.4) is 0 Å². The molecule has 0 saturated carbocycles. The van der Waals surface area contributed by atoms with E-state index in [1.54, 1.807) is 0 Å². The largest absolute Gasteiger partial charge is 0.396 e. The number of carbonyl (C=O) groups is 1. The Morgan fingerprint density at radius 3 is 3.12 bits per heavy atom. The average Bonchev–Trinajstić information content (AvgIpc) is 2.67. The van der Waals surface area contributed by atoms with E-state index in [1.165, 1.54) is 0 Å². The lowest BCUT2D eigenvalue weighted by Gasteiger charge is -2.23. The van der Waals surface area contributed by atoms with Crippen LogP contribution in [-0.2, 0) is 11.3 Å². The quantitative estimate of drug-likeness (QED) is 0.809. The number of anilines is 1. The number of hydrogen-bond donors (Lipinski definition) is 2. The molecule has 5 heteroatoms. The van der Waals surface area contributed by atoms with Crippen LogP contribution in [0.1, 0.15) is 6.42 Å². The van der Waals surface area contributed by atoms with Crippen molar-refractivity contribution in [2.24, 2.45) is 5.92 Å². The molecule has 3 rings (SSSR count). The van der Waals surface area contributed by atoms with Gasteiger partial charge in [0.2, 0.25) is 11.9 Å². The molecule has 0 spiro atoms. The molecule has 1 aromatic carbocycles. The second-order valence-corrected chi connectivity index (χ2v) is 4.23. The molecule has 1 atom stereocenters. The lowest BCUT2D eigenvalue weighted by molar-refractivity contribution is -0.121. The molecule has 1 aromatic heterocycles. The van der Waals surface area contributed by atoms with Gasteiger partial charge in [0, 0.05) is 13.2 Å². The summed E-state index contributed by atoms with van der Waals surface area (Å²) in [5.41, 5.74) is 1.90. The molecule has 5 nitrogen and oxygen atoms in total. The van der Waals surface area contributed by atoms with Crippen molar-refractivity contribution < 1.29 is 9.90 Å². The molecule has 2 N–H and O–H groups in total. The Morgan fingerprint density at radius 1 is 1.47 bits per heavy atom. The summed E-state index contributed by atoms with van der Waals surface area (Å²) in [6, 6.07) is 7.79. The number of imidazole rings is 1. The van der Waals surface area contributed by atoms with Crippen molar-refractivity contribution >= 4 is 22.9 Å². The van der Waals surface area contributed by atoms with E-state index >= 15 is 0 Å². The van der Waals surface area contributed by atoms with Gasteiger partial charge in [0.1, 0.15) is 0 Å². The Hall–Kier alpha value is -1.88. The van der Waals surface area contributed by atoms with Gasteiger partial charge in [-0.2, -0.15) is 0 Å². The van der Waals surface area contributed by atoms with Gasteiger partial charge < -0.3 is 9.67 Å². The van der Waals surface area contributed by atoms with Gasteiger partial charge in [-0.1, -0.05) is 12.1 Å². The molecular weight excluding hydrogens is 218 g/mol. The number of aliphatic hydroxyl groups excluding tert-OH is 1. The molecule has 0 saturated heterocycles. The Labute approximate surface area is 98.1 Å². The molecule has 1 aliphatic heterocycles. The molecule has 0 aliphatic carbocycles. The molecule has 0 fully saturated rings. The number of hydrogen-bond acceptors (Lipinski definition) is 3. The molecule has 1 unspecified atom stereocenters. The number of aromatic nitrogens is 2. The van der Waals surface area contributed by atoms with Crippen LogP contribution in [0, 0.1) is 5.92 Å². The smallest absolute Gasteiger partial charge is 0.231 e. The molecule has 1 aliphatic rings. The maximum absolute atomic E-state index is 11.7. The van der Waals surface area contributed by atoms with E-state index in [1.807, 2.05) is 28.8 Å². The fraction of sp³-hybridized carbons (Fsp3) is 0.333. The van der Waals surface area contributed by atoms with Crippen molar-refractivity contribution in [3.8, 4) is 0 Å². The highest BCUT2D eigenvalue weighted by molar-refractivity contribution is 5.94. The predicted octanol–water partition coefficient (Wildman–Crippen LogP) is 0.987. The summed E-state index contributed by atoms with van der Waals surface area (Å²) in [7, 11) is 0. The standard InChI is InChI=1S/C12H13N3O2/c16-6-5-8-7-15-10-4-2-1-3-9(10)13-12(15)14-11(8)17/h1-4,8,16H,5-7H2,(H,13,14,17). The molecule has 2 heterocycles. The van der Waals surface area contributed by atoms with Gasteiger partial charge in [-0.25, -0.2) is 4.98 Å². The third-order valence-corrected chi connectivity index (χ3v) is 3.14. The monoisotopic (exact) mass is 231 g/mol. The lowest BCUT2D eigenvalue weighted by atomic mass is 10.0. The first-order chi connectivity index (χ1) is 8.29. The number of fused-ring (bicyclic) bond motifs is 3. The van der Waals surface area contributed by atoms with Crippen LogP contribution in [0.15, 0.2) is 24.3 Å². The fourth-order valence-electron chi connectivity index (χ4n) is 2.25. The molecular formula is C12H13N3O2. The summed E-state index contributed by atoms with van der Waals surface area (Å²) in [5, 5.41) is 11.7. The molecule has 17 heavy (non-hydrogen) atoms. The first-order valence-electron chi connectivity index (χ1n) is 5.66. The summed E-state index contributed by atoms with van der Waals surface area (Å²) < 4.78 is 2.00. The van der Waals surface area contributed by atoms with Crippen LogP contribution in [0.5, 0.6) is 0 Å². The highest BCUT2D eigenvalue weighted by atomic mass is 16.3. The summed E-state index contributed by atoms with van der Waals surface area (Å²) in [4.78, 5) is 16.1. The first-order valence-corrected chi connectivity index (χ1v) is 5.66. The van der Waals surface area contributed by atoms with E-state index < -0.39 is 0 Å². The minimum Gasteiger partial charge on any atom is -0.396 e. The summed E-state index contributed by atoms with van der Waals surface area (Å²) in [6.45, 7) is 0.613. The predicted molar refractivity (Wildman–Crippen MR) is 63.6 cm³/mol. The Kier molecular flexibility index (Phi) is 2.33. The zero-order valence-electron chi connectivity index (χ0n) is 9.26. The van der Waals surface area contributed by atoms with Crippen LogP contribution >= 0.6 is 0 Å². The number of benzene rings is 1. The molecule has 1 amide bonds. The number of para-hydroxylation sites is 2. The maximum Gasteiger partial charge on any atom is 0.231 e. The van der Waals surface area contributed by atoms with Gasteiger partial charge in [0.15, 0.2) is 0 Å².